The number of carbonyl (C=O) groups is 1. The Labute approximate surface area is 146 Å². The van der Waals surface area contributed by atoms with Crippen LogP contribution in [0.3, 0.4) is 0 Å². The summed E-state index contributed by atoms with van der Waals surface area (Å²) in [5.41, 5.74) is 1.36. The molecule has 25 heavy (non-hydrogen) atoms. The Morgan fingerprint density at radius 1 is 1.00 bits per heavy atom. The molecule has 3 aromatic rings. The summed E-state index contributed by atoms with van der Waals surface area (Å²) in [6, 6.07) is 18.0. The van der Waals surface area contributed by atoms with Crippen molar-refractivity contribution in [3.8, 4) is 11.5 Å². The van der Waals surface area contributed by atoms with Gasteiger partial charge in [-0.25, -0.2) is 0 Å². The minimum Gasteiger partial charge on any atom is -0.497 e. The first-order valence-electron chi connectivity index (χ1n) is 7.84. The Balaban J connectivity index is 1.91. The molecule has 1 amide bonds. The van der Waals surface area contributed by atoms with Gasteiger partial charge in [-0.1, -0.05) is 30.3 Å². The fourth-order valence-electron chi connectivity index (χ4n) is 2.61. The second kappa shape index (κ2) is 7.57. The van der Waals surface area contributed by atoms with Gasteiger partial charge in [-0.15, -0.1) is 0 Å². The summed E-state index contributed by atoms with van der Waals surface area (Å²) in [6.07, 6.45) is 1.59. The predicted octanol–water partition coefficient (Wildman–Crippen LogP) is 3.82. The molecule has 128 valence electrons. The number of hydrogen-bond donors (Lipinski definition) is 1. The van der Waals surface area contributed by atoms with Gasteiger partial charge in [0.25, 0.3) is 5.91 Å². The summed E-state index contributed by atoms with van der Waals surface area (Å²) in [5.74, 6) is 1.47. The second-order valence-corrected chi connectivity index (χ2v) is 5.40. The molecule has 1 N–H and O–H groups in total. The molecular weight excluding hydrogens is 318 g/mol. The quantitative estimate of drug-likeness (QED) is 0.743. The lowest BCUT2D eigenvalue weighted by atomic mass is 10.0. The number of benzene rings is 2. The smallest absolute Gasteiger partial charge is 0.255 e. The van der Waals surface area contributed by atoms with Gasteiger partial charge in [0.2, 0.25) is 0 Å². The van der Waals surface area contributed by atoms with E-state index >= 15 is 0 Å². The third kappa shape index (κ3) is 3.66. The molecule has 0 radical (unpaired) electrons. The summed E-state index contributed by atoms with van der Waals surface area (Å²) >= 11 is 0. The molecule has 5 heteroatoms. The molecular formula is C20H19NO4. The van der Waals surface area contributed by atoms with Gasteiger partial charge in [-0.2, -0.15) is 0 Å². The Morgan fingerprint density at radius 3 is 2.44 bits per heavy atom. The average Bonchev–Trinajstić information content (AvgIpc) is 3.20. The SMILES string of the molecule is COc1ccc(C(=O)NC(c2ccccc2)c2ccco2)c(OC)c1. The lowest BCUT2D eigenvalue weighted by Crippen LogP contribution is -2.29. The minimum atomic E-state index is -0.393. The van der Waals surface area contributed by atoms with E-state index in [1.807, 2.05) is 36.4 Å². The summed E-state index contributed by atoms with van der Waals surface area (Å²) in [4.78, 5) is 12.8. The van der Waals surface area contributed by atoms with Gasteiger partial charge in [-0.3, -0.25) is 4.79 Å². The fourth-order valence-corrected chi connectivity index (χ4v) is 2.61. The van der Waals surface area contributed by atoms with Crippen LogP contribution < -0.4 is 14.8 Å². The number of furan rings is 1. The van der Waals surface area contributed by atoms with Crippen molar-refractivity contribution in [2.75, 3.05) is 14.2 Å². The van der Waals surface area contributed by atoms with E-state index in [4.69, 9.17) is 13.9 Å². The second-order valence-electron chi connectivity index (χ2n) is 5.40. The highest BCUT2D eigenvalue weighted by atomic mass is 16.5. The van der Waals surface area contributed by atoms with Crippen LogP contribution in [0, 0.1) is 0 Å². The largest absolute Gasteiger partial charge is 0.497 e. The molecule has 1 unspecified atom stereocenters. The fraction of sp³-hybridized carbons (Fsp3) is 0.150. The highest BCUT2D eigenvalue weighted by Crippen LogP contribution is 2.27. The number of amides is 1. The average molecular weight is 337 g/mol. The summed E-state index contributed by atoms with van der Waals surface area (Å²) in [7, 11) is 3.09. The van der Waals surface area contributed by atoms with Gasteiger partial charge in [0.15, 0.2) is 0 Å². The highest BCUT2D eigenvalue weighted by molar-refractivity contribution is 5.97. The van der Waals surface area contributed by atoms with Crippen molar-refractivity contribution in [1.82, 2.24) is 5.32 Å². The van der Waals surface area contributed by atoms with Gasteiger partial charge < -0.3 is 19.2 Å². The van der Waals surface area contributed by atoms with Crippen molar-refractivity contribution >= 4 is 5.91 Å². The van der Waals surface area contributed by atoms with Crippen LogP contribution in [0.1, 0.15) is 27.7 Å². The van der Waals surface area contributed by atoms with Gasteiger partial charge in [-0.05, 0) is 29.8 Å². The van der Waals surface area contributed by atoms with Crippen LogP contribution in [0.25, 0.3) is 0 Å². The maximum atomic E-state index is 12.8. The normalized spacial score (nSPS) is 11.6. The molecule has 5 nitrogen and oxygen atoms in total. The topological polar surface area (TPSA) is 60.7 Å². The van der Waals surface area contributed by atoms with Crippen molar-refractivity contribution in [2.24, 2.45) is 0 Å². The van der Waals surface area contributed by atoms with E-state index in [-0.39, 0.29) is 5.91 Å². The third-order valence-corrected chi connectivity index (χ3v) is 3.89. The predicted molar refractivity (Wildman–Crippen MR) is 94.0 cm³/mol. The number of nitrogens with one attached hydrogen (secondary N) is 1. The highest BCUT2D eigenvalue weighted by Gasteiger charge is 2.22. The molecule has 0 saturated carbocycles. The van der Waals surface area contributed by atoms with Crippen molar-refractivity contribution in [1.29, 1.82) is 0 Å². The Morgan fingerprint density at radius 2 is 1.80 bits per heavy atom. The van der Waals surface area contributed by atoms with Crippen molar-refractivity contribution in [3.63, 3.8) is 0 Å². The minimum absolute atomic E-state index is 0.259. The van der Waals surface area contributed by atoms with E-state index in [0.29, 0.717) is 22.8 Å². The van der Waals surface area contributed by atoms with Crippen LogP contribution in [0.15, 0.2) is 71.3 Å². The summed E-state index contributed by atoms with van der Waals surface area (Å²) in [6.45, 7) is 0. The van der Waals surface area contributed by atoms with Gasteiger partial charge in [0.1, 0.15) is 23.3 Å². The van der Waals surface area contributed by atoms with E-state index in [2.05, 4.69) is 5.32 Å². The van der Waals surface area contributed by atoms with E-state index in [0.717, 1.165) is 5.56 Å². The van der Waals surface area contributed by atoms with Gasteiger partial charge in [0, 0.05) is 6.07 Å². The third-order valence-electron chi connectivity index (χ3n) is 3.89. The molecule has 0 aliphatic carbocycles. The Bertz CT molecular complexity index is 828. The lowest BCUT2D eigenvalue weighted by Gasteiger charge is -2.18. The Hall–Kier alpha value is -3.21. The molecule has 1 aromatic heterocycles. The molecule has 1 atom stereocenters. The number of carbonyl (C=O) groups excluding carboxylic acids is 1. The summed E-state index contributed by atoms with van der Waals surface area (Å²) in [5, 5.41) is 3.01. The first kappa shape index (κ1) is 16.6. The van der Waals surface area contributed by atoms with Crippen molar-refractivity contribution in [2.45, 2.75) is 6.04 Å². The molecule has 0 aliphatic heterocycles. The molecule has 1 heterocycles. The van der Waals surface area contributed by atoms with Crippen LogP contribution in [-0.4, -0.2) is 20.1 Å². The van der Waals surface area contributed by atoms with Crippen molar-refractivity contribution < 1.29 is 18.7 Å². The molecule has 3 rings (SSSR count). The van der Waals surface area contributed by atoms with Gasteiger partial charge in [0.05, 0.1) is 26.0 Å². The molecule has 0 spiro atoms. The van der Waals surface area contributed by atoms with E-state index in [1.165, 1.54) is 7.11 Å². The number of methoxy groups -OCH3 is 2. The number of hydrogen-bond acceptors (Lipinski definition) is 4. The zero-order valence-corrected chi connectivity index (χ0v) is 14.1. The van der Waals surface area contributed by atoms with Crippen LogP contribution in [0.2, 0.25) is 0 Å². The first-order valence-corrected chi connectivity index (χ1v) is 7.84. The molecule has 0 bridgehead atoms. The van der Waals surface area contributed by atoms with Crippen LogP contribution in [-0.2, 0) is 0 Å². The number of ether oxygens (including phenoxy) is 2. The van der Waals surface area contributed by atoms with Crippen LogP contribution >= 0.6 is 0 Å². The van der Waals surface area contributed by atoms with E-state index in [9.17, 15) is 4.79 Å². The van der Waals surface area contributed by atoms with Crippen LogP contribution in [0.4, 0.5) is 0 Å². The lowest BCUT2D eigenvalue weighted by molar-refractivity contribution is 0.0936. The molecule has 2 aromatic carbocycles. The van der Waals surface area contributed by atoms with Crippen molar-refractivity contribution in [3.05, 3.63) is 83.8 Å². The standard InChI is InChI=1S/C20H19NO4/c1-23-15-10-11-16(18(13-15)24-2)20(22)21-19(17-9-6-12-25-17)14-7-4-3-5-8-14/h3-13,19H,1-2H3,(H,21,22). The van der Waals surface area contributed by atoms with E-state index in [1.54, 1.807) is 37.6 Å². The zero-order chi connectivity index (χ0) is 17.6. The molecule has 0 aliphatic rings. The maximum absolute atomic E-state index is 12.8. The maximum Gasteiger partial charge on any atom is 0.255 e. The van der Waals surface area contributed by atoms with E-state index < -0.39 is 6.04 Å². The zero-order valence-electron chi connectivity index (χ0n) is 14.1. The van der Waals surface area contributed by atoms with Gasteiger partial charge >= 0.3 is 0 Å². The number of rotatable bonds is 6. The van der Waals surface area contributed by atoms with Crippen LogP contribution in [0.5, 0.6) is 11.5 Å². The first-order chi connectivity index (χ1) is 12.2. The molecule has 0 saturated heterocycles. The summed E-state index contributed by atoms with van der Waals surface area (Å²) < 4.78 is 16.0. The molecule has 0 fully saturated rings. The Kier molecular flexibility index (Phi) is 5.04. The monoisotopic (exact) mass is 337 g/mol.